The zero-order chi connectivity index (χ0) is 19.2. The summed E-state index contributed by atoms with van der Waals surface area (Å²) < 4.78 is 6.62. The van der Waals surface area contributed by atoms with Crippen molar-refractivity contribution in [1.82, 2.24) is 9.55 Å². The number of fused-ring (bicyclic) bond motifs is 1. The summed E-state index contributed by atoms with van der Waals surface area (Å²) >= 11 is 0. The van der Waals surface area contributed by atoms with E-state index in [1.165, 1.54) is 7.11 Å². The highest BCUT2D eigenvalue weighted by Gasteiger charge is 2.14. The standard InChI is InChI=1S/C20H22N4O3.H2/c1-27-18(25)11-4-5-12-24-17-10-3-2-9-16(17)22-20(24)23-19(26)14-7-6-8-15(21)13-14;/h2-3,6-10,13H,4-5,11-12,21H2,1H3,(H,22,23,26);1H. The van der Waals surface area contributed by atoms with Crippen LogP contribution in [0.3, 0.4) is 0 Å². The quantitative estimate of drug-likeness (QED) is 0.378. The van der Waals surface area contributed by atoms with Crippen LogP contribution in [0.1, 0.15) is 31.0 Å². The molecular formula is C20H24N4O3. The molecule has 3 rings (SSSR count). The van der Waals surface area contributed by atoms with E-state index in [1.54, 1.807) is 24.3 Å². The maximum atomic E-state index is 12.6. The van der Waals surface area contributed by atoms with E-state index in [2.05, 4.69) is 15.0 Å². The van der Waals surface area contributed by atoms with Crippen molar-refractivity contribution in [3.63, 3.8) is 0 Å². The second-order valence-corrected chi connectivity index (χ2v) is 6.19. The Balaban J connectivity index is 0.00000280. The van der Waals surface area contributed by atoms with E-state index in [1.807, 2.05) is 28.8 Å². The Morgan fingerprint density at radius 3 is 2.78 bits per heavy atom. The fourth-order valence-electron chi connectivity index (χ4n) is 2.89. The number of aryl methyl sites for hydroxylation is 1. The van der Waals surface area contributed by atoms with Gasteiger partial charge in [0.15, 0.2) is 0 Å². The predicted molar refractivity (Wildman–Crippen MR) is 107 cm³/mol. The van der Waals surface area contributed by atoms with Crippen LogP contribution in [0.4, 0.5) is 11.6 Å². The molecule has 0 atom stereocenters. The minimum absolute atomic E-state index is 0. The van der Waals surface area contributed by atoms with Gasteiger partial charge in [0.05, 0.1) is 18.1 Å². The van der Waals surface area contributed by atoms with Crippen molar-refractivity contribution in [2.24, 2.45) is 0 Å². The number of esters is 1. The molecule has 142 valence electrons. The SMILES string of the molecule is COC(=O)CCCCn1c(NC(=O)c2cccc(N)c2)nc2ccccc21.[HH]. The lowest BCUT2D eigenvalue weighted by molar-refractivity contribution is -0.140. The number of aromatic nitrogens is 2. The minimum atomic E-state index is -0.270. The highest BCUT2D eigenvalue weighted by molar-refractivity contribution is 6.04. The minimum Gasteiger partial charge on any atom is -0.469 e. The summed E-state index contributed by atoms with van der Waals surface area (Å²) in [6.07, 6.45) is 1.83. The summed E-state index contributed by atoms with van der Waals surface area (Å²) in [5.41, 5.74) is 8.49. The number of rotatable bonds is 7. The number of hydrogen-bond acceptors (Lipinski definition) is 5. The normalized spacial score (nSPS) is 10.7. The Morgan fingerprint density at radius 1 is 1.19 bits per heavy atom. The summed E-state index contributed by atoms with van der Waals surface area (Å²) in [7, 11) is 1.38. The number of nitrogens with zero attached hydrogens (tertiary/aromatic N) is 2. The summed E-state index contributed by atoms with van der Waals surface area (Å²) in [6, 6.07) is 14.5. The van der Waals surface area contributed by atoms with E-state index in [9.17, 15) is 9.59 Å². The number of amides is 1. The molecule has 0 unspecified atom stereocenters. The number of hydrogen-bond donors (Lipinski definition) is 2. The average Bonchev–Trinajstić information content (AvgIpc) is 3.02. The predicted octanol–water partition coefficient (Wildman–Crippen LogP) is 3.46. The first-order chi connectivity index (χ1) is 13.1. The molecule has 1 aromatic heterocycles. The number of carbonyl (C=O) groups excluding carboxylic acids is 2. The molecule has 7 heteroatoms. The Hall–Kier alpha value is -3.35. The van der Waals surface area contributed by atoms with Crippen molar-refractivity contribution in [3.8, 4) is 0 Å². The topological polar surface area (TPSA) is 99.2 Å². The molecule has 1 heterocycles. The molecule has 0 saturated carbocycles. The number of methoxy groups -OCH3 is 1. The summed E-state index contributed by atoms with van der Waals surface area (Å²) in [5.74, 6) is -0.0178. The zero-order valence-corrected chi connectivity index (χ0v) is 15.1. The van der Waals surface area contributed by atoms with Gasteiger partial charge in [-0.05, 0) is 43.2 Å². The third-order valence-electron chi connectivity index (χ3n) is 4.27. The maximum Gasteiger partial charge on any atom is 0.305 e. The van der Waals surface area contributed by atoms with E-state index in [-0.39, 0.29) is 13.3 Å². The number of nitrogens with one attached hydrogen (secondary N) is 1. The molecule has 0 aliphatic rings. The van der Waals surface area contributed by atoms with Gasteiger partial charge in [-0.1, -0.05) is 18.2 Å². The molecule has 27 heavy (non-hydrogen) atoms. The van der Waals surface area contributed by atoms with E-state index in [0.29, 0.717) is 36.6 Å². The molecule has 0 radical (unpaired) electrons. The second kappa shape index (κ2) is 8.35. The van der Waals surface area contributed by atoms with Crippen LogP contribution in [0.15, 0.2) is 48.5 Å². The molecule has 1 amide bonds. The number of para-hydroxylation sites is 2. The third-order valence-corrected chi connectivity index (χ3v) is 4.27. The number of imidazole rings is 1. The number of ether oxygens (including phenoxy) is 1. The van der Waals surface area contributed by atoms with Crippen LogP contribution in [0.2, 0.25) is 0 Å². The van der Waals surface area contributed by atoms with Gasteiger partial charge in [-0.25, -0.2) is 4.98 Å². The van der Waals surface area contributed by atoms with Gasteiger partial charge >= 0.3 is 5.97 Å². The largest absolute Gasteiger partial charge is 0.469 e. The lowest BCUT2D eigenvalue weighted by Gasteiger charge is -2.10. The van der Waals surface area contributed by atoms with Gasteiger partial charge in [0, 0.05) is 25.6 Å². The smallest absolute Gasteiger partial charge is 0.305 e. The van der Waals surface area contributed by atoms with Crippen molar-refractivity contribution in [2.45, 2.75) is 25.8 Å². The van der Waals surface area contributed by atoms with Gasteiger partial charge in [0.2, 0.25) is 5.95 Å². The van der Waals surface area contributed by atoms with Crippen molar-refractivity contribution in [3.05, 3.63) is 54.1 Å². The van der Waals surface area contributed by atoms with Gasteiger partial charge in [-0.2, -0.15) is 0 Å². The molecule has 0 aliphatic carbocycles. The van der Waals surface area contributed by atoms with Crippen LogP contribution in [0.5, 0.6) is 0 Å². The third kappa shape index (κ3) is 4.44. The van der Waals surface area contributed by atoms with Crippen LogP contribution in [-0.2, 0) is 16.1 Å². The Labute approximate surface area is 158 Å². The molecule has 2 aromatic carbocycles. The van der Waals surface area contributed by atoms with Gasteiger partial charge in [-0.15, -0.1) is 0 Å². The van der Waals surface area contributed by atoms with Gasteiger partial charge < -0.3 is 15.0 Å². The molecule has 0 spiro atoms. The average molecular weight is 368 g/mol. The van der Waals surface area contributed by atoms with Gasteiger partial charge in [0.25, 0.3) is 5.91 Å². The van der Waals surface area contributed by atoms with Crippen molar-refractivity contribution in [1.29, 1.82) is 0 Å². The number of anilines is 2. The van der Waals surface area contributed by atoms with Crippen molar-refractivity contribution >= 4 is 34.5 Å². The summed E-state index contributed by atoms with van der Waals surface area (Å²) in [4.78, 5) is 28.4. The number of unbranched alkanes of at least 4 members (excludes halogenated alkanes) is 1. The van der Waals surface area contributed by atoms with Crippen LogP contribution in [0.25, 0.3) is 11.0 Å². The Kier molecular flexibility index (Phi) is 5.71. The van der Waals surface area contributed by atoms with E-state index in [4.69, 9.17) is 5.73 Å². The highest BCUT2D eigenvalue weighted by atomic mass is 16.5. The molecule has 0 bridgehead atoms. The number of benzene rings is 2. The van der Waals surface area contributed by atoms with E-state index < -0.39 is 0 Å². The monoisotopic (exact) mass is 368 g/mol. The first-order valence-corrected chi connectivity index (χ1v) is 8.77. The van der Waals surface area contributed by atoms with Crippen LogP contribution >= 0.6 is 0 Å². The molecule has 0 aliphatic heterocycles. The first-order valence-electron chi connectivity index (χ1n) is 8.77. The van der Waals surface area contributed by atoms with Gasteiger partial charge in [-0.3, -0.25) is 14.9 Å². The first kappa shape index (κ1) is 18.4. The Bertz CT molecular complexity index is 971. The van der Waals surface area contributed by atoms with Crippen molar-refractivity contribution in [2.75, 3.05) is 18.2 Å². The maximum absolute atomic E-state index is 12.6. The Morgan fingerprint density at radius 2 is 2.00 bits per heavy atom. The van der Waals surface area contributed by atoms with Crippen LogP contribution < -0.4 is 11.1 Å². The summed E-state index contributed by atoms with van der Waals surface area (Å²) in [5, 5.41) is 2.87. The fourth-order valence-corrected chi connectivity index (χ4v) is 2.89. The molecular weight excluding hydrogens is 344 g/mol. The number of nitrogens with two attached hydrogens (primary N) is 1. The lowest BCUT2D eigenvalue weighted by atomic mass is 10.2. The molecule has 0 fully saturated rings. The molecule has 0 saturated heterocycles. The number of nitrogen functional groups attached to an aromatic ring is 1. The lowest BCUT2D eigenvalue weighted by Crippen LogP contribution is -2.16. The molecule has 7 nitrogen and oxygen atoms in total. The van der Waals surface area contributed by atoms with Crippen molar-refractivity contribution < 1.29 is 15.8 Å². The molecule has 3 aromatic rings. The zero-order valence-electron chi connectivity index (χ0n) is 15.1. The number of carbonyl (C=O) groups is 2. The second-order valence-electron chi connectivity index (χ2n) is 6.19. The summed E-state index contributed by atoms with van der Waals surface area (Å²) in [6.45, 7) is 0.629. The van der Waals surface area contributed by atoms with E-state index in [0.717, 1.165) is 17.5 Å². The molecule has 3 N–H and O–H groups in total. The fraction of sp³-hybridized carbons (Fsp3) is 0.250. The van der Waals surface area contributed by atoms with Crippen LogP contribution in [0, 0.1) is 0 Å². The van der Waals surface area contributed by atoms with Crippen LogP contribution in [-0.4, -0.2) is 28.5 Å². The van der Waals surface area contributed by atoms with E-state index >= 15 is 0 Å². The highest BCUT2D eigenvalue weighted by Crippen LogP contribution is 2.21. The van der Waals surface area contributed by atoms with Gasteiger partial charge in [0.1, 0.15) is 0 Å².